The van der Waals surface area contributed by atoms with E-state index in [1.807, 2.05) is 0 Å². The number of benzene rings is 1. The summed E-state index contributed by atoms with van der Waals surface area (Å²) in [6, 6.07) is 6.58. The minimum Gasteiger partial charge on any atom is -0.322 e. The summed E-state index contributed by atoms with van der Waals surface area (Å²) in [5, 5.41) is 5.84. The van der Waals surface area contributed by atoms with Crippen LogP contribution in [0.15, 0.2) is 53.8 Å². The van der Waals surface area contributed by atoms with Gasteiger partial charge in [0.2, 0.25) is 0 Å². The van der Waals surface area contributed by atoms with Gasteiger partial charge in [0.05, 0.1) is 16.7 Å². The number of nitrogens with zero attached hydrogens (tertiary/aromatic N) is 4. The number of anilines is 1. The van der Waals surface area contributed by atoms with Crippen LogP contribution >= 0.6 is 0 Å². The predicted octanol–water partition coefficient (Wildman–Crippen LogP) is 2.34. The van der Waals surface area contributed by atoms with E-state index in [2.05, 4.69) is 20.4 Å². The highest BCUT2D eigenvalue weighted by molar-refractivity contribution is 7.90. The topological polar surface area (TPSA) is 107 Å². The summed E-state index contributed by atoms with van der Waals surface area (Å²) in [4.78, 5) is 19.8. The van der Waals surface area contributed by atoms with E-state index in [1.165, 1.54) is 36.7 Å². The van der Waals surface area contributed by atoms with Crippen molar-refractivity contribution in [2.45, 2.75) is 11.1 Å². The Hall–Kier alpha value is -3.28. The van der Waals surface area contributed by atoms with Gasteiger partial charge in [0.25, 0.3) is 11.9 Å². The molecule has 146 valence electrons. The molecule has 0 aliphatic carbocycles. The smallest absolute Gasteiger partial charge is 0.322 e. The molecule has 28 heavy (non-hydrogen) atoms. The van der Waals surface area contributed by atoms with Crippen molar-refractivity contribution in [1.82, 2.24) is 19.7 Å². The molecule has 2 heterocycles. The number of amides is 1. The van der Waals surface area contributed by atoms with Crippen LogP contribution in [-0.4, -0.2) is 40.3 Å². The van der Waals surface area contributed by atoms with Crippen LogP contribution in [-0.2, 0) is 16.0 Å². The van der Waals surface area contributed by atoms with E-state index in [0.717, 1.165) is 18.5 Å². The molecule has 0 bridgehead atoms. The number of rotatable bonds is 4. The van der Waals surface area contributed by atoms with Crippen LogP contribution < -0.4 is 5.32 Å². The lowest BCUT2D eigenvalue weighted by molar-refractivity contribution is -0.143. The van der Waals surface area contributed by atoms with Crippen molar-refractivity contribution in [2.24, 2.45) is 0 Å². The first-order chi connectivity index (χ1) is 13.1. The Labute approximate surface area is 157 Å². The summed E-state index contributed by atoms with van der Waals surface area (Å²) in [6.07, 6.45) is -0.729. The van der Waals surface area contributed by atoms with Crippen LogP contribution in [0.5, 0.6) is 0 Å². The van der Waals surface area contributed by atoms with Crippen LogP contribution in [0.3, 0.4) is 0 Å². The minimum atomic E-state index is -4.92. The molecule has 0 fully saturated rings. The monoisotopic (exact) mass is 411 g/mol. The number of sulfone groups is 1. The average molecular weight is 411 g/mol. The number of carbonyl (C=O) groups excluding carboxylic acids is 1. The summed E-state index contributed by atoms with van der Waals surface area (Å²) in [6.45, 7) is 0. The van der Waals surface area contributed by atoms with Gasteiger partial charge in [-0.1, -0.05) is 6.07 Å². The molecular weight excluding hydrogens is 399 g/mol. The highest BCUT2D eigenvalue weighted by atomic mass is 32.2. The lowest BCUT2D eigenvalue weighted by Gasteiger charge is -2.12. The van der Waals surface area contributed by atoms with Gasteiger partial charge < -0.3 is 5.32 Å². The second-order valence-electron chi connectivity index (χ2n) is 5.62. The molecule has 2 aromatic heterocycles. The SMILES string of the molecule is CS(=O)(=O)c1cccc(NC(=O)c2cnn(-c3ncccn3)c2C(F)(F)F)c1. The fraction of sp³-hybridized carbons (Fsp3) is 0.125. The van der Waals surface area contributed by atoms with E-state index in [4.69, 9.17) is 0 Å². The van der Waals surface area contributed by atoms with Gasteiger partial charge in [-0.15, -0.1) is 0 Å². The molecule has 3 aromatic rings. The lowest BCUT2D eigenvalue weighted by atomic mass is 10.2. The summed E-state index contributed by atoms with van der Waals surface area (Å²) in [5.41, 5.74) is -2.09. The van der Waals surface area contributed by atoms with Crippen LogP contribution in [0.25, 0.3) is 5.95 Å². The van der Waals surface area contributed by atoms with Crippen molar-refractivity contribution < 1.29 is 26.4 Å². The maximum Gasteiger partial charge on any atom is 0.434 e. The quantitative estimate of drug-likeness (QED) is 0.706. The van der Waals surface area contributed by atoms with Gasteiger partial charge in [0, 0.05) is 24.3 Å². The number of alkyl halides is 3. The Bertz CT molecular complexity index is 1130. The molecule has 3 rings (SSSR count). The van der Waals surface area contributed by atoms with Crippen LogP contribution in [0.2, 0.25) is 0 Å². The van der Waals surface area contributed by atoms with E-state index in [0.29, 0.717) is 4.68 Å². The summed E-state index contributed by atoms with van der Waals surface area (Å²) < 4.78 is 64.3. The first kappa shape index (κ1) is 19.5. The molecule has 8 nitrogen and oxygen atoms in total. The van der Waals surface area contributed by atoms with E-state index < -0.39 is 33.2 Å². The third kappa shape index (κ3) is 4.01. The fourth-order valence-electron chi connectivity index (χ4n) is 2.34. The molecule has 1 amide bonds. The lowest BCUT2D eigenvalue weighted by Crippen LogP contribution is -2.21. The van der Waals surface area contributed by atoms with Gasteiger partial charge in [-0.05, 0) is 24.3 Å². The normalized spacial score (nSPS) is 12.0. The number of hydrogen-bond acceptors (Lipinski definition) is 6. The van der Waals surface area contributed by atoms with E-state index in [1.54, 1.807) is 0 Å². The largest absolute Gasteiger partial charge is 0.434 e. The van der Waals surface area contributed by atoms with E-state index in [-0.39, 0.29) is 16.5 Å². The number of halogens is 3. The highest BCUT2D eigenvalue weighted by Crippen LogP contribution is 2.33. The van der Waals surface area contributed by atoms with Crippen molar-refractivity contribution in [3.05, 3.63) is 60.2 Å². The molecule has 0 unspecified atom stereocenters. The summed E-state index contributed by atoms with van der Waals surface area (Å²) >= 11 is 0. The summed E-state index contributed by atoms with van der Waals surface area (Å²) in [5.74, 6) is -1.46. The standard InChI is InChI=1S/C16H12F3N5O3S/c1-28(26,27)11-5-2-4-10(8-11)23-14(25)12-9-22-24(13(12)16(17,18)19)15-20-6-3-7-21-15/h2-9H,1H3,(H,23,25). The molecule has 0 saturated carbocycles. The number of aromatic nitrogens is 4. The first-order valence-electron chi connectivity index (χ1n) is 7.61. The third-order valence-electron chi connectivity index (χ3n) is 3.54. The maximum atomic E-state index is 13.6. The molecule has 0 radical (unpaired) electrons. The van der Waals surface area contributed by atoms with Gasteiger partial charge in [-0.3, -0.25) is 4.79 Å². The van der Waals surface area contributed by atoms with Gasteiger partial charge in [0.1, 0.15) is 0 Å². The Morgan fingerprint density at radius 1 is 1.14 bits per heavy atom. The molecule has 0 aliphatic heterocycles. The second kappa shape index (κ2) is 7.03. The van der Waals surface area contributed by atoms with Gasteiger partial charge in [0.15, 0.2) is 15.5 Å². The van der Waals surface area contributed by atoms with Crippen LogP contribution in [0, 0.1) is 0 Å². The Balaban J connectivity index is 2.00. The fourth-order valence-corrected chi connectivity index (χ4v) is 3.01. The Morgan fingerprint density at radius 2 is 1.82 bits per heavy atom. The molecule has 1 N–H and O–H groups in total. The minimum absolute atomic E-state index is 0.0183. The number of carbonyl (C=O) groups is 1. The van der Waals surface area contributed by atoms with E-state index >= 15 is 0 Å². The second-order valence-corrected chi connectivity index (χ2v) is 7.64. The zero-order valence-corrected chi connectivity index (χ0v) is 15.0. The Kier molecular flexibility index (Phi) is 4.89. The zero-order chi connectivity index (χ0) is 20.5. The first-order valence-corrected chi connectivity index (χ1v) is 9.50. The molecule has 0 saturated heterocycles. The molecule has 0 spiro atoms. The predicted molar refractivity (Wildman–Crippen MR) is 91.7 cm³/mol. The zero-order valence-electron chi connectivity index (χ0n) is 14.2. The van der Waals surface area contributed by atoms with Gasteiger partial charge in [-0.2, -0.15) is 23.0 Å². The van der Waals surface area contributed by atoms with Crippen molar-refractivity contribution in [3.8, 4) is 5.95 Å². The van der Waals surface area contributed by atoms with Gasteiger partial charge >= 0.3 is 6.18 Å². The van der Waals surface area contributed by atoms with Crippen LogP contribution in [0.1, 0.15) is 16.1 Å². The molecule has 1 aromatic carbocycles. The maximum absolute atomic E-state index is 13.6. The van der Waals surface area contributed by atoms with Crippen molar-refractivity contribution >= 4 is 21.4 Å². The van der Waals surface area contributed by atoms with Crippen molar-refractivity contribution in [2.75, 3.05) is 11.6 Å². The molecular formula is C16H12F3N5O3S. The van der Waals surface area contributed by atoms with Crippen molar-refractivity contribution in [3.63, 3.8) is 0 Å². The van der Waals surface area contributed by atoms with Crippen LogP contribution in [0.4, 0.5) is 18.9 Å². The summed E-state index contributed by atoms with van der Waals surface area (Å²) in [7, 11) is -3.55. The molecule has 0 aliphatic rings. The third-order valence-corrected chi connectivity index (χ3v) is 4.65. The molecule has 0 atom stereocenters. The van der Waals surface area contributed by atoms with Crippen molar-refractivity contribution in [1.29, 1.82) is 0 Å². The highest BCUT2D eigenvalue weighted by Gasteiger charge is 2.41. The Morgan fingerprint density at radius 3 is 2.43 bits per heavy atom. The van der Waals surface area contributed by atoms with Gasteiger partial charge in [-0.25, -0.2) is 18.4 Å². The number of hydrogen-bond donors (Lipinski definition) is 1. The van der Waals surface area contributed by atoms with E-state index in [9.17, 15) is 26.4 Å². The molecule has 12 heteroatoms. The average Bonchev–Trinajstić information content (AvgIpc) is 3.08. The number of nitrogens with one attached hydrogen (secondary N) is 1.